The first-order valence-electron chi connectivity index (χ1n) is 18.0. The number of ether oxygens (including phenoxy) is 3. The van der Waals surface area contributed by atoms with Gasteiger partial charge in [-0.1, -0.05) is 34.8 Å². The van der Waals surface area contributed by atoms with Gasteiger partial charge in [-0.25, -0.2) is 29.4 Å². The van der Waals surface area contributed by atoms with Crippen molar-refractivity contribution in [2.45, 2.75) is 53.2 Å². The van der Waals surface area contributed by atoms with E-state index in [1.54, 1.807) is 31.5 Å². The number of hydrogen-bond donors (Lipinski definition) is 3. The summed E-state index contributed by atoms with van der Waals surface area (Å²) in [5.41, 5.74) is 3.98. The highest BCUT2D eigenvalue weighted by Crippen LogP contribution is 2.61. The molecule has 24 heteroatoms. The number of halogens is 7. The first-order valence-corrected chi connectivity index (χ1v) is 23.9. The average molecular weight is 990 g/mol. The third-order valence-electron chi connectivity index (χ3n) is 9.15. The molecular formula is C37H30Cl7N10O6P. The van der Waals surface area contributed by atoms with Crippen molar-refractivity contribution in [2.24, 2.45) is 0 Å². The highest BCUT2D eigenvalue weighted by molar-refractivity contribution is 8.24. The molecule has 8 aromatic rings. The van der Waals surface area contributed by atoms with Crippen molar-refractivity contribution >= 4 is 129 Å². The van der Waals surface area contributed by atoms with E-state index in [1.165, 1.54) is 0 Å². The quantitative estimate of drug-likeness (QED) is 0.0836. The lowest BCUT2D eigenvalue weighted by atomic mass is 10.1. The van der Waals surface area contributed by atoms with Crippen LogP contribution in [0.4, 0.5) is 0 Å². The van der Waals surface area contributed by atoms with Gasteiger partial charge in [0, 0.05) is 23.4 Å². The standard InChI is InChI=1S/C21H20ClN5O4.C16H10Cl3N5O.Cl3OP/c1-10-7-14-13(9-23-27(14)15-5-3-4-6-30-15)18(16(10)22)31-20-17-12(8-11(2)24-20)19(28)26-21(29)25-17;1-6-3-10-9(5-20-24-10)13(11(6)17)25-15-12-8(4-7(2)21-15)14(18)23-16(19)22-12;1-5(2,3)4/h7-9,15H,3-6H2,1-2H3,(H2,25,26,28,29);3-5H,1-2H3,(H,20,24);. The van der Waals surface area contributed by atoms with Crippen LogP contribution in [0.2, 0.25) is 20.5 Å². The van der Waals surface area contributed by atoms with Crippen LogP contribution in [0.15, 0.2) is 46.2 Å². The SMILES string of the molecule is Cc1cc2c(=O)[nH]c(=O)[nH]c2c(Oc2c(Cl)c(C)cc3c2cnn3C2CCCCO2)n1.Cc1cc2c(Cl)nc(Cl)nc2c(Oc2c(Cl)c(C)cc3[nH]ncc23)n1.O=P(Cl)(Cl)Cl. The second-order valence-corrected chi connectivity index (χ2v) is 21.7. The van der Waals surface area contributed by atoms with Gasteiger partial charge in [0.25, 0.3) is 5.56 Å². The van der Waals surface area contributed by atoms with E-state index >= 15 is 0 Å². The molecule has 3 N–H and O–H groups in total. The molecule has 0 saturated carbocycles. The molecule has 61 heavy (non-hydrogen) atoms. The minimum Gasteiger partial charge on any atom is -0.435 e. The van der Waals surface area contributed by atoms with Crippen LogP contribution in [0.25, 0.3) is 43.6 Å². The number of hydrogen-bond acceptors (Lipinski definition) is 12. The number of nitrogens with zero attached hydrogens (tertiary/aromatic N) is 7. The molecule has 1 aliphatic rings. The van der Waals surface area contributed by atoms with Crippen LogP contribution in [0.1, 0.15) is 48.0 Å². The molecule has 2 aromatic carbocycles. The maximum absolute atomic E-state index is 12.3. The summed E-state index contributed by atoms with van der Waals surface area (Å²) in [6, 6.07) is 7.20. The number of aryl methyl sites for hydroxylation is 4. The maximum atomic E-state index is 12.3. The predicted octanol–water partition coefficient (Wildman–Crippen LogP) is 11.8. The summed E-state index contributed by atoms with van der Waals surface area (Å²) in [6.07, 6.45) is 6.17. The Kier molecular flexibility index (Phi) is 13.4. The zero-order valence-electron chi connectivity index (χ0n) is 32.0. The number of aromatic nitrogens is 10. The van der Waals surface area contributed by atoms with E-state index in [0.717, 1.165) is 46.8 Å². The minimum atomic E-state index is -3.22. The zero-order valence-corrected chi connectivity index (χ0v) is 38.2. The first kappa shape index (κ1) is 44.8. The second kappa shape index (κ2) is 18.2. The number of H-pyrrole nitrogens is 3. The summed E-state index contributed by atoms with van der Waals surface area (Å²) in [7, 11) is 0. The maximum Gasteiger partial charge on any atom is 0.339 e. The average Bonchev–Trinajstić information content (AvgIpc) is 3.83. The summed E-state index contributed by atoms with van der Waals surface area (Å²) < 4.78 is 29.5. The van der Waals surface area contributed by atoms with Crippen molar-refractivity contribution in [1.82, 2.24) is 49.9 Å². The van der Waals surface area contributed by atoms with E-state index in [0.29, 0.717) is 55.8 Å². The van der Waals surface area contributed by atoms with Crippen molar-refractivity contribution in [1.29, 1.82) is 0 Å². The van der Waals surface area contributed by atoms with Crippen molar-refractivity contribution in [3.8, 4) is 23.3 Å². The van der Waals surface area contributed by atoms with Crippen LogP contribution in [-0.4, -0.2) is 56.5 Å². The Morgan fingerprint density at radius 3 is 2.10 bits per heavy atom. The van der Waals surface area contributed by atoms with Gasteiger partial charge >= 0.3 is 10.9 Å². The fraction of sp³-hybridized carbons (Fsp3) is 0.243. The Morgan fingerprint density at radius 2 is 1.41 bits per heavy atom. The monoisotopic (exact) mass is 986 g/mol. The van der Waals surface area contributed by atoms with Gasteiger partial charge in [-0.2, -0.15) is 10.2 Å². The number of rotatable bonds is 5. The van der Waals surface area contributed by atoms with Crippen LogP contribution >= 0.6 is 85.3 Å². The molecule has 1 atom stereocenters. The normalized spacial score (nSPS) is 14.2. The Balaban J connectivity index is 0.000000169. The molecule has 6 aromatic heterocycles. The molecule has 9 rings (SSSR count). The van der Waals surface area contributed by atoms with E-state index in [4.69, 9.17) is 60.6 Å². The molecule has 1 unspecified atom stereocenters. The third kappa shape index (κ3) is 10.0. The van der Waals surface area contributed by atoms with Gasteiger partial charge in [-0.3, -0.25) is 19.4 Å². The summed E-state index contributed by atoms with van der Waals surface area (Å²) in [4.78, 5) is 45.9. The molecule has 0 amide bonds. The Labute approximate surface area is 378 Å². The summed E-state index contributed by atoms with van der Waals surface area (Å²) in [5.74, 6) is 1.14. The number of benzene rings is 2. The molecule has 0 bridgehead atoms. The highest BCUT2D eigenvalue weighted by Gasteiger charge is 2.24. The molecule has 0 spiro atoms. The lowest BCUT2D eigenvalue weighted by molar-refractivity contribution is -0.0366. The lowest BCUT2D eigenvalue weighted by Crippen LogP contribution is -2.22. The van der Waals surface area contributed by atoms with Gasteiger partial charge < -0.3 is 19.2 Å². The summed E-state index contributed by atoms with van der Waals surface area (Å²) >= 11 is 39.0. The van der Waals surface area contributed by atoms with Crippen molar-refractivity contribution in [3.63, 3.8) is 0 Å². The lowest BCUT2D eigenvalue weighted by Gasteiger charge is -2.23. The zero-order chi connectivity index (χ0) is 43.9. The molecule has 1 fully saturated rings. The van der Waals surface area contributed by atoms with E-state index in [9.17, 15) is 14.2 Å². The summed E-state index contributed by atoms with van der Waals surface area (Å²) in [5, 5.41) is 11.7. The van der Waals surface area contributed by atoms with Crippen molar-refractivity contribution in [3.05, 3.63) is 100 Å². The van der Waals surface area contributed by atoms with Gasteiger partial charge in [-0.05, 0) is 128 Å². The topological polar surface area (TPSA) is 209 Å². The molecule has 1 aliphatic heterocycles. The Bertz CT molecular complexity index is 3160. The largest absolute Gasteiger partial charge is 0.435 e. The van der Waals surface area contributed by atoms with Crippen molar-refractivity contribution < 1.29 is 18.8 Å². The molecule has 16 nitrogen and oxygen atoms in total. The van der Waals surface area contributed by atoms with Crippen LogP contribution < -0.4 is 20.7 Å². The van der Waals surface area contributed by atoms with Crippen molar-refractivity contribution in [2.75, 3.05) is 6.61 Å². The fourth-order valence-electron chi connectivity index (χ4n) is 6.53. The Hall–Kier alpha value is -4.22. The highest BCUT2D eigenvalue weighted by atomic mass is 36.0. The van der Waals surface area contributed by atoms with Crippen LogP contribution in [0.3, 0.4) is 0 Å². The van der Waals surface area contributed by atoms with E-state index in [1.807, 2.05) is 37.6 Å². The van der Waals surface area contributed by atoms with Crippen LogP contribution in [0, 0.1) is 27.7 Å². The fourth-order valence-corrected chi connectivity index (χ4v) is 7.35. The Morgan fingerprint density at radius 1 is 0.770 bits per heavy atom. The first-order chi connectivity index (χ1) is 28.9. The molecule has 7 heterocycles. The van der Waals surface area contributed by atoms with Gasteiger partial charge in [0.1, 0.15) is 16.2 Å². The van der Waals surface area contributed by atoms with Gasteiger partial charge in [0.15, 0.2) is 17.7 Å². The number of pyridine rings is 2. The van der Waals surface area contributed by atoms with Gasteiger partial charge in [0.2, 0.25) is 17.0 Å². The van der Waals surface area contributed by atoms with E-state index in [2.05, 4.69) is 78.9 Å². The van der Waals surface area contributed by atoms with E-state index in [-0.39, 0.29) is 39.3 Å². The van der Waals surface area contributed by atoms with Crippen LogP contribution in [-0.2, 0) is 9.30 Å². The summed E-state index contributed by atoms with van der Waals surface area (Å²) in [6.45, 7) is 8.02. The third-order valence-corrected chi connectivity index (χ3v) is 10.5. The molecule has 0 radical (unpaired) electrons. The smallest absolute Gasteiger partial charge is 0.339 e. The van der Waals surface area contributed by atoms with Crippen LogP contribution in [0.5, 0.6) is 23.3 Å². The predicted molar refractivity (Wildman–Crippen MR) is 239 cm³/mol. The molecule has 1 saturated heterocycles. The minimum absolute atomic E-state index is 0.0109. The van der Waals surface area contributed by atoms with E-state index < -0.39 is 16.4 Å². The number of fused-ring (bicyclic) bond motifs is 4. The number of nitrogens with one attached hydrogen (secondary N) is 3. The van der Waals surface area contributed by atoms with Gasteiger partial charge in [-0.15, -0.1) is 0 Å². The second-order valence-electron chi connectivity index (χ2n) is 13.6. The van der Waals surface area contributed by atoms with Gasteiger partial charge in [0.05, 0.1) is 49.6 Å². The molecule has 0 aliphatic carbocycles. The molecule has 318 valence electrons. The molecular weight excluding hydrogens is 960 g/mol. The number of aromatic amines is 3.